The lowest BCUT2D eigenvalue weighted by atomic mass is 9.96. The smallest absolute Gasteiger partial charge is 0.329 e. The van der Waals surface area contributed by atoms with Crippen LogP contribution in [-0.2, 0) is 9.59 Å². The van der Waals surface area contributed by atoms with Gasteiger partial charge in [0.1, 0.15) is 5.54 Å². The highest BCUT2D eigenvalue weighted by Crippen LogP contribution is 2.14. The van der Waals surface area contributed by atoms with E-state index < -0.39 is 11.5 Å². The van der Waals surface area contributed by atoms with E-state index in [1.807, 2.05) is 6.92 Å². The molecule has 0 saturated carbocycles. The Morgan fingerprint density at radius 2 is 1.58 bits per heavy atom. The summed E-state index contributed by atoms with van der Waals surface area (Å²) < 4.78 is 0. The number of rotatable bonds is 11. The molecule has 1 atom stereocenters. The van der Waals surface area contributed by atoms with Crippen LogP contribution in [0.25, 0.3) is 0 Å². The van der Waals surface area contributed by atoms with Gasteiger partial charge in [0.05, 0.1) is 0 Å². The highest BCUT2D eigenvalue weighted by molar-refractivity contribution is 5.86. The second-order valence-corrected chi connectivity index (χ2v) is 5.45. The number of aliphatic carboxylic acids is 1. The van der Waals surface area contributed by atoms with Gasteiger partial charge in [-0.1, -0.05) is 52.4 Å². The Bertz CT molecular complexity index is 279. The van der Waals surface area contributed by atoms with Gasteiger partial charge in [-0.3, -0.25) is 4.79 Å². The average Bonchev–Trinajstić information content (AvgIpc) is 2.33. The third kappa shape index (κ3) is 7.85. The first-order valence-electron chi connectivity index (χ1n) is 7.50. The minimum atomic E-state index is -1.12. The number of nitrogens with one attached hydrogen (secondary N) is 1. The van der Waals surface area contributed by atoms with Crippen molar-refractivity contribution in [1.82, 2.24) is 5.32 Å². The fourth-order valence-corrected chi connectivity index (χ4v) is 2.16. The van der Waals surface area contributed by atoms with Gasteiger partial charge < -0.3 is 10.4 Å². The Morgan fingerprint density at radius 3 is 2.11 bits per heavy atom. The van der Waals surface area contributed by atoms with Crippen molar-refractivity contribution in [2.75, 3.05) is 0 Å². The summed E-state index contributed by atoms with van der Waals surface area (Å²) in [6.45, 7) is 5.67. The molecule has 0 fully saturated rings. The van der Waals surface area contributed by atoms with Crippen LogP contribution in [0.3, 0.4) is 0 Å². The number of carboxylic acid groups (broad SMARTS) is 1. The molecule has 1 amide bonds. The number of carbonyl (C=O) groups is 2. The zero-order chi connectivity index (χ0) is 14.7. The summed E-state index contributed by atoms with van der Waals surface area (Å²) in [6, 6.07) is 0. The van der Waals surface area contributed by atoms with E-state index in [1.165, 1.54) is 19.3 Å². The Balaban J connectivity index is 3.91. The number of unbranched alkanes of at least 4 members (excludes halogenated alkanes) is 5. The number of amides is 1. The van der Waals surface area contributed by atoms with E-state index in [-0.39, 0.29) is 5.91 Å². The van der Waals surface area contributed by atoms with Crippen LogP contribution < -0.4 is 5.32 Å². The van der Waals surface area contributed by atoms with Gasteiger partial charge in [0.2, 0.25) is 5.91 Å². The summed E-state index contributed by atoms with van der Waals surface area (Å²) in [5.74, 6) is -1.10. The second kappa shape index (κ2) is 9.82. The normalized spacial score (nSPS) is 13.8. The van der Waals surface area contributed by atoms with Crippen LogP contribution in [0.4, 0.5) is 0 Å². The van der Waals surface area contributed by atoms with Gasteiger partial charge in [-0.2, -0.15) is 0 Å². The van der Waals surface area contributed by atoms with Crippen LogP contribution in [0.5, 0.6) is 0 Å². The molecular formula is C15H29NO3. The molecule has 112 valence electrons. The average molecular weight is 271 g/mol. The molecule has 0 spiro atoms. The maximum atomic E-state index is 11.8. The molecule has 0 heterocycles. The third-order valence-electron chi connectivity index (χ3n) is 3.39. The summed E-state index contributed by atoms with van der Waals surface area (Å²) in [5.41, 5.74) is -1.12. The van der Waals surface area contributed by atoms with E-state index in [1.54, 1.807) is 6.92 Å². The number of carbonyl (C=O) groups excluding carboxylic acids is 1. The van der Waals surface area contributed by atoms with Gasteiger partial charge in [0.25, 0.3) is 0 Å². The molecule has 4 nitrogen and oxygen atoms in total. The lowest BCUT2D eigenvalue weighted by Gasteiger charge is -2.25. The largest absolute Gasteiger partial charge is 0.480 e. The first-order chi connectivity index (χ1) is 8.96. The quantitative estimate of drug-likeness (QED) is 0.565. The molecule has 2 N–H and O–H groups in total. The topological polar surface area (TPSA) is 66.4 Å². The number of carboxylic acids is 1. The standard InChI is InChI=1S/C15H29NO3/c1-4-6-7-8-9-10-11-13(17)16-15(3,12-5-2)14(18)19/h4-12H2,1-3H3,(H,16,17)(H,18,19). The zero-order valence-electron chi connectivity index (χ0n) is 12.6. The maximum absolute atomic E-state index is 11.8. The van der Waals surface area contributed by atoms with Crippen molar-refractivity contribution in [3.05, 3.63) is 0 Å². The van der Waals surface area contributed by atoms with E-state index in [0.717, 1.165) is 25.7 Å². The van der Waals surface area contributed by atoms with Crippen LogP contribution in [0.15, 0.2) is 0 Å². The molecule has 0 aliphatic heterocycles. The van der Waals surface area contributed by atoms with Crippen molar-refractivity contribution < 1.29 is 14.7 Å². The van der Waals surface area contributed by atoms with Crippen molar-refractivity contribution in [3.8, 4) is 0 Å². The molecule has 4 heteroatoms. The minimum absolute atomic E-state index is 0.145. The Morgan fingerprint density at radius 1 is 1.00 bits per heavy atom. The summed E-state index contributed by atoms with van der Waals surface area (Å²) in [6.07, 6.45) is 8.37. The van der Waals surface area contributed by atoms with Crippen LogP contribution >= 0.6 is 0 Å². The molecule has 0 aromatic rings. The first-order valence-corrected chi connectivity index (χ1v) is 7.50. The number of hydrogen-bond acceptors (Lipinski definition) is 2. The lowest BCUT2D eigenvalue weighted by Crippen LogP contribution is -2.52. The molecule has 0 radical (unpaired) electrons. The van der Waals surface area contributed by atoms with E-state index >= 15 is 0 Å². The molecule has 0 aliphatic carbocycles. The van der Waals surface area contributed by atoms with Gasteiger partial charge >= 0.3 is 5.97 Å². The molecule has 0 bridgehead atoms. The monoisotopic (exact) mass is 271 g/mol. The van der Waals surface area contributed by atoms with Gasteiger partial charge in [-0.05, 0) is 19.8 Å². The molecule has 0 rings (SSSR count). The Hall–Kier alpha value is -1.06. The highest BCUT2D eigenvalue weighted by Gasteiger charge is 2.33. The summed E-state index contributed by atoms with van der Waals surface area (Å²) >= 11 is 0. The van der Waals surface area contributed by atoms with E-state index in [9.17, 15) is 9.59 Å². The van der Waals surface area contributed by atoms with E-state index in [2.05, 4.69) is 12.2 Å². The van der Waals surface area contributed by atoms with Crippen LogP contribution in [0.2, 0.25) is 0 Å². The fourth-order valence-electron chi connectivity index (χ4n) is 2.16. The van der Waals surface area contributed by atoms with E-state index in [0.29, 0.717) is 12.8 Å². The minimum Gasteiger partial charge on any atom is -0.480 e. The molecule has 19 heavy (non-hydrogen) atoms. The van der Waals surface area contributed by atoms with Crippen molar-refractivity contribution >= 4 is 11.9 Å². The van der Waals surface area contributed by atoms with Crippen molar-refractivity contribution in [2.45, 2.75) is 84.1 Å². The molecule has 0 aliphatic rings. The SMILES string of the molecule is CCCCCCCCC(=O)NC(C)(CCC)C(=O)O. The molecule has 0 saturated heterocycles. The molecule has 0 aromatic carbocycles. The third-order valence-corrected chi connectivity index (χ3v) is 3.39. The van der Waals surface area contributed by atoms with Crippen molar-refractivity contribution in [3.63, 3.8) is 0 Å². The van der Waals surface area contributed by atoms with Gasteiger partial charge in [0.15, 0.2) is 0 Å². The van der Waals surface area contributed by atoms with Crippen molar-refractivity contribution in [1.29, 1.82) is 0 Å². The predicted octanol–water partition coefficient (Wildman–Crippen LogP) is 3.50. The lowest BCUT2D eigenvalue weighted by molar-refractivity contribution is -0.147. The van der Waals surface area contributed by atoms with Gasteiger partial charge in [-0.25, -0.2) is 4.79 Å². The summed E-state index contributed by atoms with van der Waals surface area (Å²) in [5, 5.41) is 11.8. The zero-order valence-corrected chi connectivity index (χ0v) is 12.6. The van der Waals surface area contributed by atoms with Crippen molar-refractivity contribution in [2.24, 2.45) is 0 Å². The first kappa shape index (κ1) is 17.9. The molecular weight excluding hydrogens is 242 g/mol. The van der Waals surface area contributed by atoms with Gasteiger partial charge in [-0.15, -0.1) is 0 Å². The number of hydrogen-bond donors (Lipinski definition) is 2. The predicted molar refractivity (Wildman–Crippen MR) is 77.1 cm³/mol. The molecule has 0 aromatic heterocycles. The Kier molecular flexibility index (Phi) is 9.27. The summed E-state index contributed by atoms with van der Waals surface area (Å²) in [7, 11) is 0. The van der Waals surface area contributed by atoms with Crippen LogP contribution in [0.1, 0.15) is 78.6 Å². The Labute approximate surface area is 117 Å². The van der Waals surface area contributed by atoms with E-state index in [4.69, 9.17) is 5.11 Å². The van der Waals surface area contributed by atoms with Crippen LogP contribution in [0, 0.1) is 0 Å². The summed E-state index contributed by atoms with van der Waals surface area (Å²) in [4.78, 5) is 22.9. The molecule has 1 unspecified atom stereocenters. The van der Waals surface area contributed by atoms with Crippen LogP contribution in [-0.4, -0.2) is 22.5 Å². The second-order valence-electron chi connectivity index (χ2n) is 5.45. The maximum Gasteiger partial charge on any atom is 0.329 e. The highest BCUT2D eigenvalue weighted by atomic mass is 16.4. The fraction of sp³-hybridized carbons (Fsp3) is 0.867. The van der Waals surface area contributed by atoms with Gasteiger partial charge in [0, 0.05) is 6.42 Å².